The van der Waals surface area contributed by atoms with Crippen molar-refractivity contribution in [2.24, 2.45) is 0 Å². The summed E-state index contributed by atoms with van der Waals surface area (Å²) in [4.78, 5) is 4.82. The van der Waals surface area contributed by atoms with Crippen molar-refractivity contribution in [1.29, 1.82) is 0 Å². The molecule has 0 atom stereocenters. The minimum atomic E-state index is -0.434. The van der Waals surface area contributed by atoms with Gasteiger partial charge in [-0.25, -0.2) is 4.98 Å². The van der Waals surface area contributed by atoms with E-state index in [1.54, 1.807) is 0 Å². The summed E-state index contributed by atoms with van der Waals surface area (Å²) in [6, 6.07) is 45.7. The Morgan fingerprint density at radius 3 is 1.75 bits per heavy atom. The minimum Gasteiger partial charge on any atom is -0.456 e. The van der Waals surface area contributed by atoms with Crippen LogP contribution >= 0.6 is 0 Å². The summed E-state index contributed by atoms with van der Waals surface area (Å²) in [6.45, 7) is 0. The van der Waals surface area contributed by atoms with Crippen LogP contribution in [0.1, 0.15) is 6.85 Å². The highest BCUT2D eigenvalue weighted by atomic mass is 16.3. The van der Waals surface area contributed by atoms with Crippen LogP contribution in [0.15, 0.2) is 174 Å². The van der Waals surface area contributed by atoms with Gasteiger partial charge in [-0.3, -0.25) is 4.57 Å². The number of fused-ring (bicyclic) bond motifs is 6. The van der Waals surface area contributed by atoms with Crippen LogP contribution in [0.4, 0.5) is 0 Å². The summed E-state index contributed by atoms with van der Waals surface area (Å²) in [7, 11) is 0. The summed E-state index contributed by atoms with van der Waals surface area (Å²) in [5.41, 5.74) is 8.40. The first-order chi connectivity index (χ1) is 25.9. The van der Waals surface area contributed by atoms with E-state index < -0.39 is 18.1 Å². The molecule has 8 aromatic carbocycles. The Balaban J connectivity index is 1.18. The first kappa shape index (κ1) is 22.1. The summed E-state index contributed by atoms with van der Waals surface area (Å²) < 4.78 is 50.3. The maximum atomic E-state index is 8.72. The van der Waals surface area contributed by atoms with E-state index in [9.17, 15) is 0 Å². The van der Waals surface area contributed by atoms with Crippen LogP contribution < -0.4 is 0 Å². The van der Waals surface area contributed by atoms with Gasteiger partial charge in [-0.2, -0.15) is 0 Å². The maximum Gasteiger partial charge on any atom is 0.145 e. The number of furan rings is 1. The van der Waals surface area contributed by atoms with Crippen LogP contribution in [-0.2, 0) is 0 Å². The number of imidazole rings is 1. The topological polar surface area (TPSA) is 31.0 Å². The number of para-hydroxylation sites is 3. The summed E-state index contributed by atoms with van der Waals surface area (Å²) >= 11 is 0. The maximum absolute atomic E-state index is 8.72. The molecule has 0 aliphatic carbocycles. The average Bonchev–Trinajstić information content (AvgIpc) is 3.77. The van der Waals surface area contributed by atoms with Crippen molar-refractivity contribution in [3.8, 4) is 39.3 Å². The van der Waals surface area contributed by atoms with Gasteiger partial charge in [0.15, 0.2) is 0 Å². The molecule has 2 aromatic heterocycles. The van der Waals surface area contributed by atoms with Crippen molar-refractivity contribution in [3.63, 3.8) is 0 Å². The summed E-state index contributed by atoms with van der Waals surface area (Å²) in [5, 5.41) is 6.71. The molecule has 0 aliphatic rings. The summed E-state index contributed by atoms with van der Waals surface area (Å²) in [6.07, 6.45) is 0. The largest absolute Gasteiger partial charge is 0.456 e. The predicted molar refractivity (Wildman–Crippen MR) is 200 cm³/mol. The number of aromatic nitrogens is 2. The number of nitrogens with zero attached hydrogens (tertiary/aromatic N) is 2. The van der Waals surface area contributed by atoms with E-state index >= 15 is 0 Å². The fourth-order valence-corrected chi connectivity index (χ4v) is 7.23. The molecular weight excluding hydrogens is 585 g/mol. The number of rotatable bonds is 4. The predicted octanol–water partition coefficient (Wildman–Crippen LogP) is 12.2. The molecule has 48 heavy (non-hydrogen) atoms. The zero-order valence-corrected chi connectivity index (χ0v) is 25.6. The minimum absolute atomic E-state index is 0.0606. The quantitative estimate of drug-likeness (QED) is 0.184. The van der Waals surface area contributed by atoms with Crippen LogP contribution in [0, 0.1) is 0 Å². The molecule has 10 aromatic rings. The van der Waals surface area contributed by atoms with Gasteiger partial charge >= 0.3 is 0 Å². The Morgan fingerprint density at radius 2 is 1.04 bits per heavy atom. The van der Waals surface area contributed by atoms with E-state index in [0.29, 0.717) is 11.3 Å². The molecule has 0 N–H and O–H groups in total. The monoisotopic (exact) mass is 617 g/mol. The standard InChI is InChI=1S/C45H28N2O/c1-2-12-30(13-3-1)45-46-39-19-9-10-20-40(39)47(45)32-25-22-29(23-26-32)43-34-15-4-6-17-36(34)44(37-18-7-5-16-35(37)43)31-24-27-42-38(28-31)33-14-8-11-21-41(33)48-42/h1-28H/i1D,2D,3D,12D,13D. The smallest absolute Gasteiger partial charge is 0.145 e. The molecule has 0 saturated heterocycles. The van der Waals surface area contributed by atoms with Crippen molar-refractivity contribution in [2.45, 2.75) is 0 Å². The fourth-order valence-electron chi connectivity index (χ4n) is 7.23. The normalized spacial score (nSPS) is 13.2. The molecule has 3 nitrogen and oxygen atoms in total. The van der Waals surface area contributed by atoms with Crippen molar-refractivity contribution in [3.05, 3.63) is 170 Å². The molecule has 224 valence electrons. The second kappa shape index (κ2) is 10.5. The SMILES string of the molecule is [2H]c1c([2H])c([2H])c(-c2nc3ccccc3n2-c2ccc(-c3c4ccccc4c(-c4ccc5oc6ccccc6c5c4)c4ccccc34)cc2)c([2H])c1[2H]. The molecule has 0 fully saturated rings. The molecule has 0 radical (unpaired) electrons. The lowest BCUT2D eigenvalue weighted by Gasteiger charge is -2.18. The Kier molecular flexibility index (Phi) is 4.86. The Bertz CT molecular complexity index is 3040. The van der Waals surface area contributed by atoms with Crippen LogP contribution in [-0.4, -0.2) is 9.55 Å². The molecule has 0 aliphatic heterocycles. The van der Waals surface area contributed by atoms with E-state index in [-0.39, 0.29) is 17.6 Å². The van der Waals surface area contributed by atoms with Crippen LogP contribution in [0.2, 0.25) is 0 Å². The third-order valence-corrected chi connectivity index (χ3v) is 9.30. The van der Waals surface area contributed by atoms with Gasteiger partial charge in [-0.05, 0) is 86.3 Å². The first-order valence-electron chi connectivity index (χ1n) is 18.4. The van der Waals surface area contributed by atoms with Crippen molar-refractivity contribution in [2.75, 3.05) is 0 Å². The van der Waals surface area contributed by atoms with E-state index in [2.05, 4.69) is 84.9 Å². The first-order valence-corrected chi connectivity index (χ1v) is 15.9. The highest BCUT2D eigenvalue weighted by molar-refractivity contribution is 6.22. The number of hydrogen-bond donors (Lipinski definition) is 0. The van der Waals surface area contributed by atoms with Gasteiger partial charge in [0.2, 0.25) is 0 Å². The van der Waals surface area contributed by atoms with Gasteiger partial charge in [-0.1, -0.05) is 127 Å². The highest BCUT2D eigenvalue weighted by Gasteiger charge is 2.19. The van der Waals surface area contributed by atoms with Crippen LogP contribution in [0.5, 0.6) is 0 Å². The average molecular weight is 618 g/mol. The molecule has 0 spiro atoms. The molecule has 2 heterocycles. The molecule has 0 saturated carbocycles. The van der Waals surface area contributed by atoms with E-state index in [0.717, 1.165) is 76.9 Å². The number of benzene rings is 8. The third kappa shape index (κ3) is 4.04. The van der Waals surface area contributed by atoms with Crippen LogP contribution in [0.25, 0.3) is 93.8 Å². The zero-order valence-electron chi connectivity index (χ0n) is 30.6. The Labute approximate surface area is 284 Å². The van der Waals surface area contributed by atoms with Crippen LogP contribution in [0.3, 0.4) is 0 Å². The molecular formula is C45H28N2O. The zero-order chi connectivity index (χ0) is 36.0. The Morgan fingerprint density at radius 1 is 0.479 bits per heavy atom. The van der Waals surface area contributed by atoms with Gasteiger partial charge < -0.3 is 4.42 Å². The van der Waals surface area contributed by atoms with E-state index in [1.807, 2.05) is 59.2 Å². The fraction of sp³-hybridized carbons (Fsp3) is 0. The second-order valence-corrected chi connectivity index (χ2v) is 12.0. The van der Waals surface area contributed by atoms with Gasteiger partial charge in [-0.15, -0.1) is 0 Å². The lowest BCUT2D eigenvalue weighted by atomic mass is 9.85. The lowest BCUT2D eigenvalue weighted by molar-refractivity contribution is 0.669. The van der Waals surface area contributed by atoms with Crippen molar-refractivity contribution >= 4 is 54.5 Å². The van der Waals surface area contributed by atoms with Gasteiger partial charge in [0.25, 0.3) is 0 Å². The molecule has 0 unspecified atom stereocenters. The van der Waals surface area contributed by atoms with Gasteiger partial charge in [0.05, 0.1) is 17.9 Å². The third-order valence-electron chi connectivity index (χ3n) is 9.30. The number of hydrogen-bond acceptors (Lipinski definition) is 2. The Hall–Kier alpha value is -6.45. The van der Waals surface area contributed by atoms with E-state index in [4.69, 9.17) is 16.3 Å². The van der Waals surface area contributed by atoms with Crippen molar-refractivity contribution < 1.29 is 11.3 Å². The van der Waals surface area contributed by atoms with Crippen molar-refractivity contribution in [1.82, 2.24) is 9.55 Å². The van der Waals surface area contributed by atoms with Gasteiger partial charge in [0.1, 0.15) is 17.0 Å². The highest BCUT2D eigenvalue weighted by Crippen LogP contribution is 2.45. The van der Waals surface area contributed by atoms with E-state index in [1.165, 1.54) is 0 Å². The molecule has 0 amide bonds. The molecule has 10 rings (SSSR count). The second-order valence-electron chi connectivity index (χ2n) is 12.0. The van der Waals surface area contributed by atoms with Gasteiger partial charge in [0, 0.05) is 22.0 Å². The molecule has 0 bridgehead atoms. The molecule has 3 heteroatoms. The summed E-state index contributed by atoms with van der Waals surface area (Å²) in [5.74, 6) is 0.290. The lowest BCUT2D eigenvalue weighted by Crippen LogP contribution is -1.97.